The van der Waals surface area contributed by atoms with E-state index in [2.05, 4.69) is 41.4 Å². The third kappa shape index (κ3) is 3.62. The molecule has 2 aromatic rings. The summed E-state index contributed by atoms with van der Waals surface area (Å²) in [5.74, 6) is 0.690. The topological polar surface area (TPSA) is 49.6 Å². The zero-order valence-electron chi connectivity index (χ0n) is 14.0. The van der Waals surface area contributed by atoms with Gasteiger partial charge >= 0.3 is 0 Å². The first-order valence-electron chi connectivity index (χ1n) is 7.96. The third-order valence-electron chi connectivity index (χ3n) is 4.53. The van der Waals surface area contributed by atoms with Crippen LogP contribution in [0, 0.1) is 6.92 Å². The van der Waals surface area contributed by atoms with Gasteiger partial charge in [0.05, 0.1) is 12.1 Å². The van der Waals surface area contributed by atoms with E-state index >= 15 is 0 Å². The fourth-order valence-electron chi connectivity index (χ4n) is 3.12. The largest absolute Gasteiger partial charge is 0.361 e. The van der Waals surface area contributed by atoms with Gasteiger partial charge in [-0.25, -0.2) is 0 Å². The number of rotatable bonds is 4. The highest BCUT2D eigenvalue weighted by atomic mass is 16.5. The van der Waals surface area contributed by atoms with Gasteiger partial charge in [-0.05, 0) is 31.5 Å². The maximum atomic E-state index is 12.4. The van der Waals surface area contributed by atoms with Crippen molar-refractivity contribution in [2.45, 2.75) is 32.4 Å². The number of hydrogen-bond donors (Lipinski definition) is 0. The molecule has 5 nitrogen and oxygen atoms in total. The van der Waals surface area contributed by atoms with Gasteiger partial charge in [0.15, 0.2) is 0 Å². The SMILES string of the molecule is Cc1cc(CC(=O)N(C)C[C@@H]2Cc3ccccc3CN2C)on1. The van der Waals surface area contributed by atoms with Crippen LogP contribution in [0.15, 0.2) is 34.9 Å². The van der Waals surface area contributed by atoms with Crippen molar-refractivity contribution >= 4 is 5.91 Å². The number of benzene rings is 1. The van der Waals surface area contributed by atoms with Gasteiger partial charge in [0, 0.05) is 32.2 Å². The van der Waals surface area contributed by atoms with Gasteiger partial charge in [0.2, 0.25) is 5.91 Å². The monoisotopic (exact) mass is 313 g/mol. The summed E-state index contributed by atoms with van der Waals surface area (Å²) in [5, 5.41) is 3.83. The van der Waals surface area contributed by atoms with Crippen LogP contribution in [-0.2, 0) is 24.2 Å². The summed E-state index contributed by atoms with van der Waals surface area (Å²) in [7, 11) is 3.98. The minimum absolute atomic E-state index is 0.0633. The molecule has 0 saturated carbocycles. The van der Waals surface area contributed by atoms with E-state index in [1.165, 1.54) is 11.1 Å². The Labute approximate surface area is 136 Å². The van der Waals surface area contributed by atoms with Crippen molar-refractivity contribution in [3.63, 3.8) is 0 Å². The lowest BCUT2D eigenvalue weighted by atomic mass is 9.94. The zero-order valence-corrected chi connectivity index (χ0v) is 14.0. The van der Waals surface area contributed by atoms with Crippen molar-refractivity contribution < 1.29 is 9.32 Å². The van der Waals surface area contributed by atoms with Gasteiger partial charge in [-0.15, -0.1) is 0 Å². The predicted octanol–water partition coefficient (Wildman–Crippen LogP) is 2.04. The van der Waals surface area contributed by atoms with E-state index in [0.717, 1.165) is 25.2 Å². The molecule has 122 valence electrons. The quantitative estimate of drug-likeness (QED) is 0.867. The van der Waals surface area contributed by atoms with Crippen molar-refractivity contribution in [1.29, 1.82) is 0 Å². The molecule has 0 fully saturated rings. The maximum Gasteiger partial charge on any atom is 0.230 e. The van der Waals surface area contributed by atoms with E-state index in [1.54, 1.807) is 4.90 Å². The summed E-state index contributed by atoms with van der Waals surface area (Å²) in [6, 6.07) is 10.7. The summed E-state index contributed by atoms with van der Waals surface area (Å²) in [4.78, 5) is 16.5. The molecule has 1 atom stereocenters. The van der Waals surface area contributed by atoms with Gasteiger partial charge in [0.1, 0.15) is 5.76 Å². The lowest BCUT2D eigenvalue weighted by molar-refractivity contribution is -0.130. The van der Waals surface area contributed by atoms with Crippen molar-refractivity contribution in [2.75, 3.05) is 20.6 Å². The lowest BCUT2D eigenvalue weighted by Crippen LogP contribution is -2.46. The number of hydrogen-bond acceptors (Lipinski definition) is 4. The fourth-order valence-corrected chi connectivity index (χ4v) is 3.12. The number of carbonyl (C=O) groups excluding carboxylic acids is 1. The number of aromatic nitrogens is 1. The summed E-state index contributed by atoms with van der Waals surface area (Å²) in [5.41, 5.74) is 3.58. The number of fused-ring (bicyclic) bond motifs is 1. The molecular formula is C18H23N3O2. The number of likely N-dealkylation sites (N-methyl/N-ethyl adjacent to an activating group) is 2. The molecule has 1 amide bonds. The summed E-state index contributed by atoms with van der Waals surface area (Å²) in [6.07, 6.45) is 1.25. The first-order chi connectivity index (χ1) is 11.0. The second-order valence-electron chi connectivity index (χ2n) is 6.43. The maximum absolute atomic E-state index is 12.4. The Bertz CT molecular complexity index is 695. The van der Waals surface area contributed by atoms with Crippen LogP contribution < -0.4 is 0 Å². The van der Waals surface area contributed by atoms with Crippen LogP contribution in [0.4, 0.5) is 0 Å². The molecule has 23 heavy (non-hydrogen) atoms. The zero-order chi connectivity index (χ0) is 16.4. The van der Waals surface area contributed by atoms with Crippen LogP contribution in [0.3, 0.4) is 0 Å². The molecule has 0 N–H and O–H groups in total. The predicted molar refractivity (Wildman–Crippen MR) is 88.0 cm³/mol. The Morgan fingerprint density at radius 2 is 2.13 bits per heavy atom. The van der Waals surface area contributed by atoms with Crippen LogP contribution in [0.25, 0.3) is 0 Å². The molecule has 0 spiro atoms. The van der Waals surface area contributed by atoms with Crippen molar-refractivity contribution in [1.82, 2.24) is 15.0 Å². The van der Waals surface area contributed by atoms with Crippen LogP contribution in [0.1, 0.15) is 22.6 Å². The first kappa shape index (κ1) is 15.7. The summed E-state index contributed by atoms with van der Waals surface area (Å²) in [6.45, 7) is 3.51. The highest BCUT2D eigenvalue weighted by molar-refractivity contribution is 5.77. The molecule has 1 aromatic carbocycles. The molecule has 3 rings (SSSR count). The van der Waals surface area contributed by atoms with Crippen molar-refractivity contribution in [3.05, 3.63) is 52.9 Å². The second-order valence-corrected chi connectivity index (χ2v) is 6.43. The molecule has 0 unspecified atom stereocenters. The van der Waals surface area contributed by atoms with Gasteiger partial charge in [-0.3, -0.25) is 9.69 Å². The average molecular weight is 313 g/mol. The molecular weight excluding hydrogens is 290 g/mol. The van der Waals surface area contributed by atoms with E-state index in [0.29, 0.717) is 11.8 Å². The van der Waals surface area contributed by atoms with Crippen LogP contribution in [0.5, 0.6) is 0 Å². The molecule has 2 heterocycles. The standard InChI is InChI=1S/C18H23N3O2/c1-13-8-17(23-19-13)10-18(22)21(3)12-16-9-14-6-4-5-7-15(14)11-20(16)2/h4-8,16H,9-12H2,1-3H3/t16-/m0/s1. The molecule has 1 aromatic heterocycles. The number of amides is 1. The highest BCUT2D eigenvalue weighted by Crippen LogP contribution is 2.22. The Morgan fingerprint density at radius 1 is 1.39 bits per heavy atom. The van der Waals surface area contributed by atoms with Gasteiger partial charge in [-0.1, -0.05) is 29.4 Å². The molecule has 0 saturated heterocycles. The van der Waals surface area contributed by atoms with Gasteiger partial charge in [-0.2, -0.15) is 0 Å². The van der Waals surface area contributed by atoms with E-state index < -0.39 is 0 Å². The summed E-state index contributed by atoms with van der Waals surface area (Å²) < 4.78 is 5.13. The Balaban J connectivity index is 1.61. The molecule has 0 bridgehead atoms. The van der Waals surface area contributed by atoms with E-state index in [4.69, 9.17) is 4.52 Å². The smallest absolute Gasteiger partial charge is 0.230 e. The molecule has 0 aliphatic carbocycles. The minimum atomic E-state index is 0.0633. The minimum Gasteiger partial charge on any atom is -0.361 e. The van der Waals surface area contributed by atoms with Gasteiger partial charge < -0.3 is 9.42 Å². The molecule has 0 radical (unpaired) electrons. The van der Waals surface area contributed by atoms with Crippen molar-refractivity contribution in [2.24, 2.45) is 0 Å². The van der Waals surface area contributed by atoms with Crippen LogP contribution >= 0.6 is 0 Å². The number of aryl methyl sites for hydroxylation is 1. The average Bonchev–Trinajstić information content (AvgIpc) is 2.93. The normalized spacial score (nSPS) is 17.8. The molecule has 1 aliphatic rings. The fraction of sp³-hybridized carbons (Fsp3) is 0.444. The van der Waals surface area contributed by atoms with Crippen LogP contribution in [-0.4, -0.2) is 47.5 Å². The Kier molecular flexibility index (Phi) is 4.48. The van der Waals surface area contributed by atoms with E-state index in [1.807, 2.05) is 20.0 Å². The molecule has 5 heteroatoms. The van der Waals surface area contributed by atoms with Crippen LogP contribution in [0.2, 0.25) is 0 Å². The van der Waals surface area contributed by atoms with Gasteiger partial charge in [0.25, 0.3) is 0 Å². The molecule has 1 aliphatic heterocycles. The number of nitrogens with zero attached hydrogens (tertiary/aromatic N) is 3. The Morgan fingerprint density at radius 3 is 2.83 bits per heavy atom. The Hall–Kier alpha value is -2.14. The second kappa shape index (κ2) is 6.54. The van der Waals surface area contributed by atoms with E-state index in [9.17, 15) is 4.79 Å². The number of carbonyl (C=O) groups is 1. The third-order valence-corrected chi connectivity index (χ3v) is 4.53. The van der Waals surface area contributed by atoms with Crippen molar-refractivity contribution in [3.8, 4) is 0 Å². The van der Waals surface area contributed by atoms with E-state index in [-0.39, 0.29) is 12.3 Å². The first-order valence-corrected chi connectivity index (χ1v) is 7.96. The lowest BCUT2D eigenvalue weighted by Gasteiger charge is -2.36. The summed E-state index contributed by atoms with van der Waals surface area (Å²) >= 11 is 0. The highest BCUT2D eigenvalue weighted by Gasteiger charge is 2.25.